The molecule has 3 heterocycles. The lowest BCUT2D eigenvalue weighted by Gasteiger charge is -2.36. The minimum absolute atomic E-state index is 0.0951. The molecule has 0 N–H and O–H groups in total. The van der Waals surface area contributed by atoms with Crippen LogP contribution in [-0.4, -0.2) is 47.1 Å². The quantitative estimate of drug-likeness (QED) is 0.446. The fraction of sp³-hybridized carbons (Fsp3) is 0.222. The minimum Gasteiger partial charge on any atom is -0.368 e. The molecular formula is C18H16N4O3S2. The van der Waals surface area contributed by atoms with Crippen molar-refractivity contribution in [2.24, 2.45) is 4.99 Å². The van der Waals surface area contributed by atoms with E-state index in [4.69, 9.17) is 0 Å². The van der Waals surface area contributed by atoms with Crippen molar-refractivity contribution in [1.82, 2.24) is 4.90 Å². The highest BCUT2D eigenvalue weighted by Gasteiger charge is 2.28. The summed E-state index contributed by atoms with van der Waals surface area (Å²) in [6.07, 6.45) is 1.89. The van der Waals surface area contributed by atoms with Gasteiger partial charge in [0.25, 0.3) is 11.6 Å². The van der Waals surface area contributed by atoms with Crippen LogP contribution in [0.25, 0.3) is 6.08 Å². The zero-order valence-corrected chi connectivity index (χ0v) is 15.9. The van der Waals surface area contributed by atoms with Gasteiger partial charge in [-0.1, -0.05) is 6.07 Å². The summed E-state index contributed by atoms with van der Waals surface area (Å²) in [5, 5.41) is 13.5. The Balaban J connectivity index is 1.37. The second-order valence-corrected chi connectivity index (χ2v) is 8.06. The molecule has 0 bridgehead atoms. The molecular weight excluding hydrogens is 384 g/mol. The van der Waals surface area contributed by atoms with E-state index in [9.17, 15) is 14.9 Å². The van der Waals surface area contributed by atoms with Crippen LogP contribution in [0.15, 0.2) is 51.7 Å². The number of amides is 1. The number of carbonyl (C=O) groups excluding carboxylic acids is 1. The van der Waals surface area contributed by atoms with Crippen molar-refractivity contribution >= 4 is 51.6 Å². The first-order valence-electron chi connectivity index (χ1n) is 8.40. The number of nitrogens with zero attached hydrogens (tertiary/aromatic N) is 4. The third-order valence-electron chi connectivity index (χ3n) is 4.40. The van der Waals surface area contributed by atoms with Crippen molar-refractivity contribution in [2.45, 2.75) is 0 Å². The van der Waals surface area contributed by atoms with Gasteiger partial charge in [-0.2, -0.15) is 4.99 Å². The fourth-order valence-corrected chi connectivity index (χ4v) is 4.66. The van der Waals surface area contributed by atoms with Gasteiger partial charge in [0.05, 0.1) is 9.83 Å². The topological polar surface area (TPSA) is 79.0 Å². The molecule has 0 saturated carbocycles. The number of nitro groups is 1. The molecule has 2 aliphatic rings. The Morgan fingerprint density at radius 1 is 1.07 bits per heavy atom. The van der Waals surface area contributed by atoms with E-state index in [0.29, 0.717) is 4.91 Å². The van der Waals surface area contributed by atoms with Crippen LogP contribution in [0.4, 0.5) is 11.4 Å². The van der Waals surface area contributed by atoms with Crippen molar-refractivity contribution < 1.29 is 9.72 Å². The van der Waals surface area contributed by atoms with E-state index in [2.05, 4.69) is 14.8 Å². The maximum Gasteiger partial charge on any atom is 0.286 e. The molecule has 1 amide bonds. The smallest absolute Gasteiger partial charge is 0.286 e. The van der Waals surface area contributed by atoms with Crippen molar-refractivity contribution in [3.8, 4) is 0 Å². The molecule has 2 aromatic rings. The van der Waals surface area contributed by atoms with Crippen LogP contribution in [0.2, 0.25) is 0 Å². The highest BCUT2D eigenvalue weighted by atomic mass is 32.2. The first kappa shape index (κ1) is 17.7. The van der Waals surface area contributed by atoms with Crippen molar-refractivity contribution in [2.75, 3.05) is 31.1 Å². The number of piperazine rings is 1. The molecule has 0 aliphatic carbocycles. The summed E-state index contributed by atoms with van der Waals surface area (Å²) < 4.78 is 0. The fourth-order valence-electron chi connectivity index (χ4n) is 2.98. The second kappa shape index (κ2) is 7.53. The summed E-state index contributed by atoms with van der Waals surface area (Å²) in [6, 6.07) is 10.5. The van der Waals surface area contributed by atoms with Crippen LogP contribution in [-0.2, 0) is 4.79 Å². The van der Waals surface area contributed by atoms with Crippen molar-refractivity contribution in [3.63, 3.8) is 0 Å². The second-order valence-electron chi connectivity index (χ2n) is 6.07. The number of benzene rings is 1. The Morgan fingerprint density at radius 2 is 1.78 bits per heavy atom. The summed E-state index contributed by atoms with van der Waals surface area (Å²) in [5.74, 6) is -0.179. The number of thioether (sulfide) groups is 1. The molecule has 0 radical (unpaired) electrons. The maximum absolute atomic E-state index is 12.2. The van der Waals surface area contributed by atoms with Crippen molar-refractivity contribution in [1.29, 1.82) is 0 Å². The van der Waals surface area contributed by atoms with Gasteiger partial charge >= 0.3 is 0 Å². The Labute approximate surface area is 164 Å². The number of aliphatic imine (C=N–C) groups is 1. The number of amidine groups is 1. The van der Waals surface area contributed by atoms with Crippen LogP contribution in [0, 0.1) is 10.1 Å². The highest BCUT2D eigenvalue weighted by molar-refractivity contribution is 8.18. The van der Waals surface area contributed by atoms with E-state index < -0.39 is 4.92 Å². The summed E-state index contributed by atoms with van der Waals surface area (Å²) in [7, 11) is 0. The third-order valence-corrected chi connectivity index (χ3v) is 6.27. The molecule has 1 aromatic carbocycles. The molecule has 1 fully saturated rings. The number of hydrogen-bond acceptors (Lipinski definition) is 7. The largest absolute Gasteiger partial charge is 0.368 e. The molecule has 4 rings (SSSR count). The van der Waals surface area contributed by atoms with E-state index >= 15 is 0 Å². The molecule has 2 aliphatic heterocycles. The summed E-state index contributed by atoms with van der Waals surface area (Å²) in [5.41, 5.74) is 1.06. The van der Waals surface area contributed by atoms with E-state index in [-0.39, 0.29) is 11.6 Å². The number of nitro benzene ring substituents is 1. The standard InChI is InChI=1S/C18H16N4O3S2/c23-17-16(12-15-2-1-11-26-15)27-18(19-17)21-9-7-20(8-10-21)13-3-5-14(6-4-13)22(24)25/h1-6,11-12H,7-10H2/b16-12-. The number of anilines is 1. The molecule has 7 nitrogen and oxygen atoms in total. The molecule has 0 unspecified atom stereocenters. The van der Waals surface area contributed by atoms with Crippen LogP contribution in [0.1, 0.15) is 4.88 Å². The van der Waals surface area contributed by atoms with Gasteiger partial charge < -0.3 is 9.80 Å². The predicted molar refractivity (Wildman–Crippen MR) is 109 cm³/mol. The van der Waals surface area contributed by atoms with E-state index in [0.717, 1.165) is 41.9 Å². The zero-order valence-electron chi connectivity index (χ0n) is 14.3. The molecule has 9 heteroatoms. The van der Waals surface area contributed by atoms with Gasteiger partial charge in [0.1, 0.15) is 0 Å². The van der Waals surface area contributed by atoms with E-state index in [1.807, 2.05) is 23.6 Å². The van der Waals surface area contributed by atoms with Gasteiger partial charge in [-0.25, -0.2) is 0 Å². The lowest BCUT2D eigenvalue weighted by molar-refractivity contribution is -0.384. The van der Waals surface area contributed by atoms with E-state index in [1.54, 1.807) is 23.5 Å². The first-order valence-corrected chi connectivity index (χ1v) is 10.1. The van der Waals surface area contributed by atoms with Crippen LogP contribution < -0.4 is 4.90 Å². The van der Waals surface area contributed by atoms with Crippen LogP contribution in [0.3, 0.4) is 0 Å². The average Bonchev–Trinajstić information content (AvgIpc) is 3.32. The predicted octanol–water partition coefficient (Wildman–Crippen LogP) is 3.45. The number of non-ortho nitro benzene ring substituents is 1. The Hall–Kier alpha value is -2.65. The van der Waals surface area contributed by atoms with Gasteiger partial charge in [0.2, 0.25) is 0 Å². The minimum atomic E-state index is -0.393. The molecule has 27 heavy (non-hydrogen) atoms. The third kappa shape index (κ3) is 3.88. The van der Waals surface area contributed by atoms with Crippen molar-refractivity contribution in [3.05, 3.63) is 61.7 Å². The van der Waals surface area contributed by atoms with Gasteiger partial charge in [0, 0.05) is 48.9 Å². The Kier molecular flexibility index (Phi) is 4.95. The van der Waals surface area contributed by atoms with Gasteiger partial charge in [-0.3, -0.25) is 14.9 Å². The molecule has 1 aromatic heterocycles. The zero-order chi connectivity index (χ0) is 18.8. The molecule has 1 saturated heterocycles. The summed E-state index contributed by atoms with van der Waals surface area (Å²) in [4.78, 5) is 32.8. The Bertz CT molecular complexity index is 915. The van der Waals surface area contributed by atoms with Gasteiger partial charge in [-0.05, 0) is 41.4 Å². The lowest BCUT2D eigenvalue weighted by atomic mass is 10.2. The average molecular weight is 400 g/mol. The Morgan fingerprint density at radius 3 is 2.41 bits per heavy atom. The number of thiophene rings is 1. The summed E-state index contributed by atoms with van der Waals surface area (Å²) >= 11 is 3.02. The normalized spacial score (nSPS) is 18.9. The van der Waals surface area contributed by atoms with E-state index in [1.165, 1.54) is 23.9 Å². The summed E-state index contributed by atoms with van der Waals surface area (Å²) in [6.45, 7) is 3.05. The number of carbonyl (C=O) groups is 1. The maximum atomic E-state index is 12.2. The highest BCUT2D eigenvalue weighted by Crippen LogP contribution is 2.32. The SMILES string of the molecule is O=C1N=C(N2CCN(c3ccc([N+](=O)[O-])cc3)CC2)S/C1=C\c1cccs1. The molecule has 138 valence electrons. The lowest BCUT2D eigenvalue weighted by Crippen LogP contribution is -2.47. The van der Waals surface area contributed by atoms with Crippen LogP contribution >= 0.6 is 23.1 Å². The first-order chi connectivity index (χ1) is 13.1. The van der Waals surface area contributed by atoms with Crippen LogP contribution in [0.5, 0.6) is 0 Å². The molecule has 0 spiro atoms. The van der Waals surface area contributed by atoms with Gasteiger partial charge in [-0.15, -0.1) is 11.3 Å². The number of hydrogen-bond donors (Lipinski definition) is 0. The number of rotatable bonds is 3. The van der Waals surface area contributed by atoms with Gasteiger partial charge in [0.15, 0.2) is 5.17 Å². The monoisotopic (exact) mass is 400 g/mol. The molecule has 0 atom stereocenters.